The van der Waals surface area contributed by atoms with Crippen molar-refractivity contribution in [2.75, 3.05) is 11.9 Å². The van der Waals surface area contributed by atoms with Crippen molar-refractivity contribution in [1.29, 1.82) is 0 Å². The van der Waals surface area contributed by atoms with E-state index in [1.807, 2.05) is 0 Å². The number of nitrogens with zero attached hydrogens (tertiary/aromatic N) is 3. The molecule has 4 nitrogen and oxygen atoms in total. The number of hydrogen-bond acceptors (Lipinski definition) is 4. The molecule has 0 spiro atoms. The van der Waals surface area contributed by atoms with E-state index in [-0.39, 0.29) is 5.28 Å². The van der Waals surface area contributed by atoms with Gasteiger partial charge in [0.15, 0.2) is 0 Å². The molecule has 0 aromatic carbocycles. The van der Waals surface area contributed by atoms with Crippen LogP contribution >= 0.6 is 11.6 Å². The van der Waals surface area contributed by atoms with Gasteiger partial charge in [0.25, 0.3) is 0 Å². The number of aryl methyl sites for hydroxylation is 1. The minimum Gasteiger partial charge on any atom is -0.343 e. The molecule has 0 aliphatic carbocycles. The molecule has 0 atom stereocenters. The van der Waals surface area contributed by atoms with Crippen molar-refractivity contribution in [3.05, 3.63) is 11.1 Å². The second-order valence-electron chi connectivity index (χ2n) is 2.03. The molecule has 0 radical (unpaired) electrons. The predicted octanol–water partition coefficient (Wildman–Crippen LogP) is 0.879. The molecule has 62 valence electrons. The molecular weight excluding hydrogens is 176 g/mol. The SMILES string of the molecule is C#CCNc1nc(C)nc(Cl)n1. The minimum absolute atomic E-state index is 0.169. The average molecular weight is 183 g/mol. The number of aromatic nitrogens is 3. The summed E-state index contributed by atoms with van der Waals surface area (Å²) >= 11 is 5.58. The molecule has 1 aromatic heterocycles. The first kappa shape index (κ1) is 8.75. The summed E-state index contributed by atoms with van der Waals surface area (Å²) in [5.74, 6) is 3.37. The number of halogens is 1. The van der Waals surface area contributed by atoms with E-state index in [9.17, 15) is 0 Å². The monoisotopic (exact) mass is 182 g/mol. The molecule has 12 heavy (non-hydrogen) atoms. The highest BCUT2D eigenvalue weighted by atomic mass is 35.5. The van der Waals surface area contributed by atoms with E-state index in [1.165, 1.54) is 0 Å². The average Bonchev–Trinajstić information content (AvgIpc) is 1.99. The Hall–Kier alpha value is -1.34. The molecule has 0 saturated heterocycles. The first-order chi connectivity index (χ1) is 5.72. The van der Waals surface area contributed by atoms with Crippen LogP contribution in [0.15, 0.2) is 0 Å². The molecule has 0 aliphatic rings. The Morgan fingerprint density at radius 1 is 1.50 bits per heavy atom. The maximum atomic E-state index is 5.58. The largest absolute Gasteiger partial charge is 0.343 e. The van der Waals surface area contributed by atoms with Crippen LogP contribution in [0.3, 0.4) is 0 Å². The van der Waals surface area contributed by atoms with Crippen LogP contribution in [0.1, 0.15) is 5.82 Å². The number of terminal acetylenes is 1. The third kappa shape index (κ3) is 2.36. The number of rotatable bonds is 2. The van der Waals surface area contributed by atoms with Gasteiger partial charge in [-0.1, -0.05) is 5.92 Å². The van der Waals surface area contributed by atoms with E-state index in [0.29, 0.717) is 18.3 Å². The van der Waals surface area contributed by atoms with Crippen LogP contribution in [-0.4, -0.2) is 21.5 Å². The summed E-state index contributed by atoms with van der Waals surface area (Å²) < 4.78 is 0. The van der Waals surface area contributed by atoms with Crippen LogP contribution in [0.5, 0.6) is 0 Å². The Morgan fingerprint density at radius 2 is 2.25 bits per heavy atom. The lowest BCUT2D eigenvalue weighted by Gasteiger charge is -2.00. The number of anilines is 1. The Bertz CT molecular complexity index is 297. The van der Waals surface area contributed by atoms with Crippen LogP contribution in [0, 0.1) is 19.3 Å². The van der Waals surface area contributed by atoms with Crippen LogP contribution < -0.4 is 5.32 Å². The standard InChI is InChI=1S/C7H7ClN4/c1-3-4-9-7-11-5(2)10-6(8)12-7/h1H,4H2,2H3,(H,9,10,11,12). The second-order valence-corrected chi connectivity index (χ2v) is 2.37. The lowest BCUT2D eigenvalue weighted by molar-refractivity contribution is 0.972. The summed E-state index contributed by atoms with van der Waals surface area (Å²) in [5, 5.41) is 2.96. The molecule has 1 aromatic rings. The molecule has 1 heterocycles. The van der Waals surface area contributed by atoms with Crippen LogP contribution in [-0.2, 0) is 0 Å². The van der Waals surface area contributed by atoms with Crippen molar-refractivity contribution < 1.29 is 0 Å². The molecule has 0 fully saturated rings. The van der Waals surface area contributed by atoms with Crippen molar-refractivity contribution in [3.63, 3.8) is 0 Å². The first-order valence-corrected chi connectivity index (χ1v) is 3.65. The highest BCUT2D eigenvalue weighted by molar-refractivity contribution is 6.28. The first-order valence-electron chi connectivity index (χ1n) is 3.28. The summed E-state index contributed by atoms with van der Waals surface area (Å²) in [4.78, 5) is 11.6. The van der Waals surface area contributed by atoms with Gasteiger partial charge in [0.1, 0.15) is 5.82 Å². The smallest absolute Gasteiger partial charge is 0.227 e. The summed E-state index contributed by atoms with van der Waals surface area (Å²) in [5.41, 5.74) is 0. The molecule has 1 rings (SSSR count). The van der Waals surface area contributed by atoms with Gasteiger partial charge in [-0.25, -0.2) is 4.98 Å². The van der Waals surface area contributed by atoms with Gasteiger partial charge in [0.05, 0.1) is 6.54 Å². The normalized spacial score (nSPS) is 9.08. The fourth-order valence-corrected chi connectivity index (χ4v) is 0.861. The van der Waals surface area contributed by atoms with Gasteiger partial charge < -0.3 is 5.32 Å². The second kappa shape index (κ2) is 3.88. The molecule has 0 unspecified atom stereocenters. The Kier molecular flexibility index (Phi) is 2.83. The Balaban J connectivity index is 2.80. The fraction of sp³-hybridized carbons (Fsp3) is 0.286. The van der Waals surface area contributed by atoms with E-state index < -0.39 is 0 Å². The Labute approximate surface area is 75.4 Å². The Morgan fingerprint density at radius 3 is 2.83 bits per heavy atom. The van der Waals surface area contributed by atoms with Crippen LogP contribution in [0.4, 0.5) is 5.95 Å². The van der Waals surface area contributed by atoms with Crippen molar-refractivity contribution in [2.45, 2.75) is 6.92 Å². The number of hydrogen-bond donors (Lipinski definition) is 1. The van der Waals surface area contributed by atoms with Gasteiger partial charge in [0.2, 0.25) is 11.2 Å². The molecule has 0 aliphatic heterocycles. The minimum atomic E-state index is 0.169. The van der Waals surface area contributed by atoms with Crippen molar-refractivity contribution in [3.8, 4) is 12.3 Å². The van der Waals surface area contributed by atoms with Gasteiger partial charge in [-0.2, -0.15) is 9.97 Å². The van der Waals surface area contributed by atoms with Gasteiger partial charge in [-0.05, 0) is 18.5 Å². The molecule has 0 saturated carbocycles. The summed E-state index contributed by atoms with van der Waals surface area (Å²) in [6, 6.07) is 0. The third-order valence-electron chi connectivity index (χ3n) is 1.07. The van der Waals surface area contributed by atoms with Gasteiger partial charge >= 0.3 is 0 Å². The lowest BCUT2D eigenvalue weighted by atomic mass is 10.6. The molecule has 5 heteroatoms. The van der Waals surface area contributed by atoms with E-state index in [4.69, 9.17) is 18.0 Å². The van der Waals surface area contributed by atoms with Crippen LogP contribution in [0.25, 0.3) is 0 Å². The fourth-order valence-electron chi connectivity index (χ4n) is 0.658. The summed E-state index contributed by atoms with van der Waals surface area (Å²) in [7, 11) is 0. The predicted molar refractivity (Wildman–Crippen MR) is 46.9 cm³/mol. The van der Waals surface area contributed by atoms with Crippen molar-refractivity contribution in [2.24, 2.45) is 0 Å². The zero-order valence-electron chi connectivity index (χ0n) is 6.50. The summed E-state index contributed by atoms with van der Waals surface area (Å²) in [6.45, 7) is 2.11. The molecule has 0 bridgehead atoms. The van der Waals surface area contributed by atoms with E-state index >= 15 is 0 Å². The van der Waals surface area contributed by atoms with Crippen molar-refractivity contribution >= 4 is 17.5 Å². The quantitative estimate of drug-likeness (QED) is 0.690. The maximum absolute atomic E-state index is 5.58. The van der Waals surface area contributed by atoms with Gasteiger partial charge in [0, 0.05) is 0 Å². The maximum Gasteiger partial charge on any atom is 0.227 e. The van der Waals surface area contributed by atoms with E-state index in [0.717, 1.165) is 0 Å². The van der Waals surface area contributed by atoms with Crippen molar-refractivity contribution in [1.82, 2.24) is 15.0 Å². The van der Waals surface area contributed by atoms with E-state index in [2.05, 4.69) is 26.2 Å². The van der Waals surface area contributed by atoms with E-state index in [1.54, 1.807) is 6.92 Å². The molecular formula is C7H7ClN4. The lowest BCUT2D eigenvalue weighted by Crippen LogP contribution is -2.05. The number of nitrogens with one attached hydrogen (secondary N) is 1. The zero-order chi connectivity index (χ0) is 8.97. The highest BCUT2D eigenvalue weighted by Crippen LogP contribution is 2.04. The summed E-state index contributed by atoms with van der Waals surface area (Å²) in [6.07, 6.45) is 5.04. The molecule has 1 N–H and O–H groups in total. The van der Waals surface area contributed by atoms with Gasteiger partial charge in [-0.15, -0.1) is 6.42 Å². The molecule has 0 amide bonds. The van der Waals surface area contributed by atoms with Crippen LogP contribution in [0.2, 0.25) is 5.28 Å². The third-order valence-corrected chi connectivity index (χ3v) is 1.24. The van der Waals surface area contributed by atoms with Gasteiger partial charge in [-0.3, -0.25) is 0 Å². The highest BCUT2D eigenvalue weighted by Gasteiger charge is 1.98. The zero-order valence-corrected chi connectivity index (χ0v) is 7.26. The topological polar surface area (TPSA) is 50.7 Å².